The van der Waals surface area contributed by atoms with Gasteiger partial charge in [0, 0.05) is 14.2 Å². The van der Waals surface area contributed by atoms with Gasteiger partial charge in [0.1, 0.15) is 0 Å². The lowest BCUT2D eigenvalue weighted by atomic mass is 9.96. The highest BCUT2D eigenvalue weighted by atomic mass is 79.9. The number of aryl methyl sites for hydroxylation is 1. The molecule has 1 atom stereocenters. The topological polar surface area (TPSA) is 26.0 Å². The quantitative estimate of drug-likeness (QED) is 0.828. The highest BCUT2D eigenvalue weighted by Gasteiger charge is 2.10. The standard InChI is InChI=1S/C16H20BrNS/c1-2-15-7-8-16(19-15)10-13(11-18)9-12-3-5-14(17)6-4-12/h3-8,13H,2,9-11,18H2,1H3. The minimum Gasteiger partial charge on any atom is -0.330 e. The summed E-state index contributed by atoms with van der Waals surface area (Å²) in [4.78, 5) is 2.93. The monoisotopic (exact) mass is 337 g/mol. The molecule has 0 spiro atoms. The average molecular weight is 338 g/mol. The Morgan fingerprint density at radius 1 is 1.05 bits per heavy atom. The summed E-state index contributed by atoms with van der Waals surface area (Å²) < 4.78 is 1.13. The summed E-state index contributed by atoms with van der Waals surface area (Å²) in [5.41, 5.74) is 7.30. The van der Waals surface area contributed by atoms with Crippen LogP contribution in [0.15, 0.2) is 40.9 Å². The summed E-state index contributed by atoms with van der Waals surface area (Å²) in [5, 5.41) is 0. The lowest BCUT2D eigenvalue weighted by Crippen LogP contribution is -2.18. The van der Waals surface area contributed by atoms with E-state index in [1.54, 1.807) is 0 Å². The smallest absolute Gasteiger partial charge is 0.0175 e. The first-order valence-electron chi connectivity index (χ1n) is 6.73. The molecule has 0 fully saturated rings. The lowest BCUT2D eigenvalue weighted by Gasteiger charge is -2.13. The molecule has 0 amide bonds. The molecule has 0 saturated heterocycles. The van der Waals surface area contributed by atoms with Crippen LogP contribution in [0.25, 0.3) is 0 Å². The van der Waals surface area contributed by atoms with Crippen molar-refractivity contribution in [3.8, 4) is 0 Å². The van der Waals surface area contributed by atoms with Gasteiger partial charge < -0.3 is 5.73 Å². The van der Waals surface area contributed by atoms with Gasteiger partial charge in [-0.3, -0.25) is 0 Å². The Balaban J connectivity index is 1.98. The van der Waals surface area contributed by atoms with E-state index in [1.807, 2.05) is 11.3 Å². The van der Waals surface area contributed by atoms with Crippen LogP contribution >= 0.6 is 27.3 Å². The van der Waals surface area contributed by atoms with Crippen LogP contribution in [-0.2, 0) is 19.3 Å². The molecular formula is C16H20BrNS. The summed E-state index contributed by atoms with van der Waals surface area (Å²) in [6.07, 6.45) is 3.28. The van der Waals surface area contributed by atoms with Crippen molar-refractivity contribution < 1.29 is 0 Å². The van der Waals surface area contributed by atoms with Crippen LogP contribution in [0.4, 0.5) is 0 Å². The average Bonchev–Trinajstić information content (AvgIpc) is 2.88. The Bertz CT molecular complexity index is 504. The zero-order chi connectivity index (χ0) is 13.7. The summed E-state index contributed by atoms with van der Waals surface area (Å²) in [5.74, 6) is 0.532. The Hall–Kier alpha value is -0.640. The van der Waals surface area contributed by atoms with E-state index in [0.717, 1.165) is 30.3 Å². The van der Waals surface area contributed by atoms with Crippen LogP contribution in [0.5, 0.6) is 0 Å². The van der Waals surface area contributed by atoms with E-state index in [0.29, 0.717) is 5.92 Å². The molecule has 0 bridgehead atoms. The maximum Gasteiger partial charge on any atom is 0.0175 e. The van der Waals surface area contributed by atoms with Crippen molar-refractivity contribution in [3.63, 3.8) is 0 Å². The fourth-order valence-corrected chi connectivity index (χ4v) is 3.54. The lowest BCUT2D eigenvalue weighted by molar-refractivity contribution is 0.537. The van der Waals surface area contributed by atoms with Gasteiger partial charge in [-0.2, -0.15) is 0 Å². The van der Waals surface area contributed by atoms with Gasteiger partial charge >= 0.3 is 0 Å². The van der Waals surface area contributed by atoms with Gasteiger partial charge in [0.15, 0.2) is 0 Å². The van der Waals surface area contributed by atoms with E-state index in [2.05, 4.69) is 59.3 Å². The molecular weight excluding hydrogens is 318 g/mol. The molecule has 0 saturated carbocycles. The summed E-state index contributed by atoms with van der Waals surface area (Å²) in [6.45, 7) is 2.95. The van der Waals surface area contributed by atoms with Crippen LogP contribution in [0.3, 0.4) is 0 Å². The Kier molecular flexibility index (Phi) is 5.61. The van der Waals surface area contributed by atoms with Gasteiger partial charge in [0.2, 0.25) is 0 Å². The molecule has 0 aliphatic heterocycles. The summed E-state index contributed by atoms with van der Waals surface area (Å²) >= 11 is 5.40. The summed E-state index contributed by atoms with van der Waals surface area (Å²) in [7, 11) is 0. The SMILES string of the molecule is CCc1ccc(CC(CN)Cc2ccc(Br)cc2)s1. The maximum atomic E-state index is 5.93. The minimum atomic E-state index is 0.532. The minimum absolute atomic E-state index is 0.532. The van der Waals surface area contributed by atoms with Gasteiger partial charge in [-0.25, -0.2) is 0 Å². The van der Waals surface area contributed by atoms with E-state index in [1.165, 1.54) is 15.3 Å². The van der Waals surface area contributed by atoms with Crippen LogP contribution in [0.2, 0.25) is 0 Å². The van der Waals surface area contributed by atoms with Gasteiger partial charge in [-0.05, 0) is 61.6 Å². The van der Waals surface area contributed by atoms with Gasteiger partial charge in [-0.1, -0.05) is 35.0 Å². The zero-order valence-corrected chi connectivity index (χ0v) is 13.6. The number of hydrogen-bond acceptors (Lipinski definition) is 2. The Morgan fingerprint density at radius 2 is 1.74 bits per heavy atom. The van der Waals surface area contributed by atoms with Gasteiger partial charge in [0.05, 0.1) is 0 Å². The number of halogens is 1. The zero-order valence-electron chi connectivity index (χ0n) is 11.2. The fourth-order valence-electron chi connectivity index (χ4n) is 2.20. The summed E-state index contributed by atoms with van der Waals surface area (Å²) in [6, 6.07) is 13.1. The predicted molar refractivity (Wildman–Crippen MR) is 87.8 cm³/mol. The largest absolute Gasteiger partial charge is 0.330 e. The molecule has 1 unspecified atom stereocenters. The fraction of sp³-hybridized carbons (Fsp3) is 0.375. The number of hydrogen-bond donors (Lipinski definition) is 1. The van der Waals surface area contributed by atoms with E-state index in [9.17, 15) is 0 Å². The van der Waals surface area contributed by atoms with Crippen molar-refractivity contribution in [2.45, 2.75) is 26.2 Å². The normalized spacial score (nSPS) is 12.6. The molecule has 2 N–H and O–H groups in total. The van der Waals surface area contributed by atoms with Crippen LogP contribution in [0, 0.1) is 5.92 Å². The first kappa shape index (κ1) is 14.8. The molecule has 2 rings (SSSR count). The van der Waals surface area contributed by atoms with E-state index < -0.39 is 0 Å². The van der Waals surface area contributed by atoms with Gasteiger partial charge in [-0.15, -0.1) is 11.3 Å². The Morgan fingerprint density at radius 3 is 2.32 bits per heavy atom. The number of nitrogens with two attached hydrogens (primary N) is 1. The first-order chi connectivity index (χ1) is 9.21. The second-order valence-corrected chi connectivity index (χ2v) is 7.03. The van der Waals surface area contributed by atoms with E-state index >= 15 is 0 Å². The third-order valence-corrected chi connectivity index (χ3v) is 5.11. The molecule has 1 nitrogen and oxygen atoms in total. The molecule has 1 aromatic heterocycles. The first-order valence-corrected chi connectivity index (χ1v) is 8.34. The molecule has 1 heterocycles. The molecule has 2 aromatic rings. The molecule has 102 valence electrons. The van der Waals surface area contributed by atoms with Crippen LogP contribution in [-0.4, -0.2) is 6.54 Å². The van der Waals surface area contributed by atoms with Crippen molar-refractivity contribution in [3.05, 3.63) is 56.2 Å². The van der Waals surface area contributed by atoms with Crippen molar-refractivity contribution in [2.24, 2.45) is 11.7 Å². The predicted octanol–water partition coefficient (Wildman–Crippen LogP) is 4.43. The molecule has 0 radical (unpaired) electrons. The highest BCUT2D eigenvalue weighted by Crippen LogP contribution is 2.22. The molecule has 0 aliphatic carbocycles. The molecule has 0 aliphatic rings. The van der Waals surface area contributed by atoms with Crippen molar-refractivity contribution in [2.75, 3.05) is 6.54 Å². The van der Waals surface area contributed by atoms with Crippen molar-refractivity contribution >= 4 is 27.3 Å². The highest BCUT2D eigenvalue weighted by molar-refractivity contribution is 9.10. The maximum absolute atomic E-state index is 5.93. The molecule has 3 heteroatoms. The number of benzene rings is 1. The van der Waals surface area contributed by atoms with Crippen molar-refractivity contribution in [1.82, 2.24) is 0 Å². The van der Waals surface area contributed by atoms with Crippen LogP contribution in [0.1, 0.15) is 22.2 Å². The third kappa shape index (κ3) is 4.44. The second kappa shape index (κ2) is 7.22. The third-order valence-electron chi connectivity index (χ3n) is 3.33. The molecule has 19 heavy (non-hydrogen) atoms. The van der Waals surface area contributed by atoms with Crippen molar-refractivity contribution in [1.29, 1.82) is 0 Å². The number of thiophene rings is 1. The molecule has 1 aromatic carbocycles. The second-order valence-electron chi connectivity index (χ2n) is 4.86. The van der Waals surface area contributed by atoms with E-state index in [-0.39, 0.29) is 0 Å². The van der Waals surface area contributed by atoms with Gasteiger partial charge in [0.25, 0.3) is 0 Å². The van der Waals surface area contributed by atoms with E-state index in [4.69, 9.17) is 5.73 Å². The number of rotatable bonds is 6. The Labute approximate surface area is 128 Å². The van der Waals surface area contributed by atoms with Crippen LogP contribution < -0.4 is 5.73 Å².